The van der Waals surface area contributed by atoms with Crippen molar-refractivity contribution in [2.45, 2.75) is 26.4 Å². The fourth-order valence-corrected chi connectivity index (χ4v) is 2.57. The molecular formula is C18H19N3O. The highest BCUT2D eigenvalue weighted by atomic mass is 16.1. The third kappa shape index (κ3) is 2.92. The molecule has 1 N–H and O–H groups in total. The first-order valence-corrected chi connectivity index (χ1v) is 7.42. The van der Waals surface area contributed by atoms with E-state index in [0.717, 1.165) is 11.4 Å². The fraction of sp³-hybridized carbons (Fsp3) is 0.222. The van der Waals surface area contributed by atoms with Gasteiger partial charge in [0, 0.05) is 24.3 Å². The van der Waals surface area contributed by atoms with Crippen molar-refractivity contribution in [2.24, 2.45) is 0 Å². The average molecular weight is 293 g/mol. The number of pyridine rings is 1. The van der Waals surface area contributed by atoms with Crippen LogP contribution in [0.25, 0.3) is 5.65 Å². The summed E-state index contributed by atoms with van der Waals surface area (Å²) in [6, 6.07) is 17.7. The highest BCUT2D eigenvalue weighted by Crippen LogP contribution is 2.12. The predicted octanol–water partition coefficient (Wildman–Crippen LogP) is 2.85. The molecule has 3 aromatic rings. The Hall–Kier alpha value is -2.46. The van der Waals surface area contributed by atoms with Crippen molar-refractivity contribution < 1.29 is 0 Å². The molecule has 112 valence electrons. The summed E-state index contributed by atoms with van der Waals surface area (Å²) in [5.74, 6) is 0. The first-order valence-electron chi connectivity index (χ1n) is 7.42. The first kappa shape index (κ1) is 14.5. The largest absolute Gasteiger partial charge is 0.305 e. The molecule has 0 spiro atoms. The lowest BCUT2D eigenvalue weighted by Gasteiger charge is -2.14. The predicted molar refractivity (Wildman–Crippen MR) is 87.9 cm³/mol. The van der Waals surface area contributed by atoms with Gasteiger partial charge in [0.15, 0.2) is 0 Å². The maximum atomic E-state index is 12.2. The zero-order valence-corrected chi connectivity index (χ0v) is 12.8. The van der Waals surface area contributed by atoms with Crippen LogP contribution in [0.15, 0.2) is 59.4 Å². The fourth-order valence-electron chi connectivity index (χ4n) is 2.57. The summed E-state index contributed by atoms with van der Waals surface area (Å²) in [7, 11) is 0. The van der Waals surface area contributed by atoms with Crippen molar-refractivity contribution in [1.29, 1.82) is 0 Å². The van der Waals surface area contributed by atoms with Crippen molar-refractivity contribution in [3.8, 4) is 0 Å². The Labute approximate surface area is 129 Å². The quantitative estimate of drug-likeness (QED) is 0.804. The van der Waals surface area contributed by atoms with Gasteiger partial charge >= 0.3 is 0 Å². The van der Waals surface area contributed by atoms with Crippen LogP contribution in [0.5, 0.6) is 0 Å². The maximum absolute atomic E-state index is 12.2. The van der Waals surface area contributed by atoms with E-state index < -0.39 is 0 Å². The van der Waals surface area contributed by atoms with Gasteiger partial charge < -0.3 is 5.32 Å². The van der Waals surface area contributed by atoms with Crippen molar-refractivity contribution in [1.82, 2.24) is 14.7 Å². The van der Waals surface area contributed by atoms with Gasteiger partial charge in [-0.3, -0.25) is 9.20 Å². The number of nitrogens with one attached hydrogen (secondary N) is 1. The van der Waals surface area contributed by atoms with Crippen molar-refractivity contribution in [2.75, 3.05) is 0 Å². The molecule has 2 heterocycles. The number of hydrogen-bond acceptors (Lipinski definition) is 3. The number of aromatic nitrogens is 2. The van der Waals surface area contributed by atoms with E-state index in [1.807, 2.05) is 43.3 Å². The van der Waals surface area contributed by atoms with Crippen molar-refractivity contribution >= 4 is 5.65 Å². The lowest BCUT2D eigenvalue weighted by atomic mass is 10.1. The van der Waals surface area contributed by atoms with E-state index in [4.69, 9.17) is 0 Å². The third-order valence-electron chi connectivity index (χ3n) is 3.82. The summed E-state index contributed by atoms with van der Waals surface area (Å²) < 4.78 is 1.63. The molecule has 4 nitrogen and oxygen atoms in total. The van der Waals surface area contributed by atoms with Gasteiger partial charge in [-0.05, 0) is 31.5 Å². The van der Waals surface area contributed by atoms with Crippen LogP contribution in [0.1, 0.15) is 29.9 Å². The van der Waals surface area contributed by atoms with E-state index in [9.17, 15) is 4.79 Å². The van der Waals surface area contributed by atoms with E-state index in [1.165, 1.54) is 5.56 Å². The number of rotatable bonds is 4. The van der Waals surface area contributed by atoms with Gasteiger partial charge in [0.25, 0.3) is 5.56 Å². The molecule has 0 fully saturated rings. The minimum atomic E-state index is -0.0349. The average Bonchev–Trinajstić information content (AvgIpc) is 2.53. The second-order valence-corrected chi connectivity index (χ2v) is 5.46. The van der Waals surface area contributed by atoms with Gasteiger partial charge in [0.1, 0.15) is 5.65 Å². The highest BCUT2D eigenvalue weighted by Gasteiger charge is 2.07. The van der Waals surface area contributed by atoms with Crippen LogP contribution in [0.2, 0.25) is 0 Å². The van der Waals surface area contributed by atoms with E-state index in [2.05, 4.69) is 29.4 Å². The summed E-state index contributed by atoms with van der Waals surface area (Å²) >= 11 is 0. The molecule has 22 heavy (non-hydrogen) atoms. The first-order chi connectivity index (χ1) is 10.6. The minimum Gasteiger partial charge on any atom is -0.305 e. The van der Waals surface area contributed by atoms with Gasteiger partial charge in [0.05, 0.1) is 5.69 Å². The van der Waals surface area contributed by atoms with E-state index in [1.54, 1.807) is 10.5 Å². The monoisotopic (exact) mass is 293 g/mol. The molecular weight excluding hydrogens is 274 g/mol. The van der Waals surface area contributed by atoms with Gasteiger partial charge in [-0.1, -0.05) is 36.4 Å². The molecule has 2 aromatic heterocycles. The Morgan fingerprint density at radius 2 is 1.91 bits per heavy atom. The third-order valence-corrected chi connectivity index (χ3v) is 3.82. The number of fused-ring (bicyclic) bond motifs is 1. The van der Waals surface area contributed by atoms with Crippen LogP contribution in [0.3, 0.4) is 0 Å². The second-order valence-electron chi connectivity index (χ2n) is 5.46. The molecule has 0 unspecified atom stereocenters. The number of aryl methyl sites for hydroxylation is 1. The summed E-state index contributed by atoms with van der Waals surface area (Å²) in [4.78, 5) is 16.8. The molecule has 0 amide bonds. The summed E-state index contributed by atoms with van der Waals surface area (Å²) in [6.07, 6.45) is 0. The Kier molecular flexibility index (Phi) is 4.02. The molecule has 4 heteroatoms. The zero-order valence-electron chi connectivity index (χ0n) is 12.8. The number of hydrogen-bond donors (Lipinski definition) is 1. The topological polar surface area (TPSA) is 46.4 Å². The van der Waals surface area contributed by atoms with Crippen LogP contribution >= 0.6 is 0 Å². The standard InChI is InChI=1S/C18H19N3O/c1-13-7-6-10-17-20-16(11-18(22)21(13)17)12-19-14(2)15-8-4-3-5-9-15/h3-11,14,19H,12H2,1-2H3/t14-/m0/s1. The molecule has 0 radical (unpaired) electrons. The Morgan fingerprint density at radius 1 is 1.14 bits per heavy atom. The molecule has 1 atom stereocenters. The van der Waals surface area contributed by atoms with E-state index >= 15 is 0 Å². The van der Waals surface area contributed by atoms with Crippen LogP contribution in [-0.2, 0) is 6.54 Å². The minimum absolute atomic E-state index is 0.0349. The van der Waals surface area contributed by atoms with Gasteiger partial charge in [-0.15, -0.1) is 0 Å². The van der Waals surface area contributed by atoms with Gasteiger partial charge in [-0.2, -0.15) is 0 Å². The number of nitrogens with zero attached hydrogens (tertiary/aromatic N) is 2. The lowest BCUT2D eigenvalue weighted by Crippen LogP contribution is -2.22. The SMILES string of the molecule is Cc1cccc2nc(CN[C@@H](C)c3ccccc3)cc(=O)n12. The summed E-state index contributed by atoms with van der Waals surface area (Å²) in [5.41, 5.74) is 3.53. The van der Waals surface area contributed by atoms with Crippen molar-refractivity contribution in [3.05, 3.63) is 81.9 Å². The van der Waals surface area contributed by atoms with Crippen LogP contribution < -0.4 is 10.9 Å². The van der Waals surface area contributed by atoms with Crippen LogP contribution in [0, 0.1) is 6.92 Å². The molecule has 0 saturated carbocycles. The van der Waals surface area contributed by atoms with E-state index in [0.29, 0.717) is 12.2 Å². The Morgan fingerprint density at radius 3 is 2.68 bits per heavy atom. The smallest absolute Gasteiger partial charge is 0.258 e. The molecule has 3 rings (SSSR count). The van der Waals surface area contributed by atoms with Crippen molar-refractivity contribution in [3.63, 3.8) is 0 Å². The normalized spacial score (nSPS) is 12.5. The van der Waals surface area contributed by atoms with Gasteiger partial charge in [0.2, 0.25) is 0 Å². The summed E-state index contributed by atoms with van der Waals surface area (Å²) in [5, 5.41) is 3.41. The maximum Gasteiger partial charge on any atom is 0.258 e. The molecule has 0 aliphatic rings. The zero-order chi connectivity index (χ0) is 15.5. The molecule has 0 aliphatic carbocycles. The van der Waals surface area contributed by atoms with Crippen LogP contribution in [-0.4, -0.2) is 9.38 Å². The molecule has 0 bridgehead atoms. The Bertz CT molecular complexity index is 840. The molecule has 0 aliphatic heterocycles. The second kappa shape index (κ2) is 6.12. The summed E-state index contributed by atoms with van der Waals surface area (Å²) in [6.45, 7) is 4.58. The Balaban J connectivity index is 1.82. The van der Waals surface area contributed by atoms with Crippen LogP contribution in [0.4, 0.5) is 0 Å². The van der Waals surface area contributed by atoms with E-state index in [-0.39, 0.29) is 11.6 Å². The highest BCUT2D eigenvalue weighted by molar-refractivity contribution is 5.40. The number of benzene rings is 1. The lowest BCUT2D eigenvalue weighted by molar-refractivity contribution is 0.567. The molecule has 1 aromatic carbocycles. The van der Waals surface area contributed by atoms with Gasteiger partial charge in [-0.25, -0.2) is 4.98 Å². The molecule has 0 saturated heterocycles.